The van der Waals surface area contributed by atoms with Gasteiger partial charge in [-0.2, -0.15) is 49.6 Å². The van der Waals surface area contributed by atoms with E-state index in [0.29, 0.717) is 6.07 Å². The molecular formula is C40H32ClF10N7O6S2. The van der Waals surface area contributed by atoms with E-state index >= 15 is 8.78 Å². The maximum atomic E-state index is 15.1. The lowest BCUT2D eigenvalue weighted by molar-refractivity contribution is -0.148. The Morgan fingerprint density at radius 1 is 0.970 bits per heavy atom. The van der Waals surface area contributed by atoms with Gasteiger partial charge in [0.05, 0.1) is 27.7 Å². The number of aromatic nitrogens is 5. The number of pyridine rings is 1. The first-order valence-corrected chi connectivity index (χ1v) is 22.3. The highest BCUT2D eigenvalue weighted by molar-refractivity contribution is 7.86. The number of benzene rings is 2. The van der Waals surface area contributed by atoms with E-state index in [9.17, 15) is 63.0 Å². The number of alkyl halides is 8. The Morgan fingerprint density at radius 3 is 2.18 bits per heavy atom. The van der Waals surface area contributed by atoms with E-state index in [1.54, 1.807) is 0 Å². The van der Waals surface area contributed by atoms with Gasteiger partial charge in [-0.1, -0.05) is 23.6 Å². The second-order valence-corrected chi connectivity index (χ2v) is 18.8. The molecule has 1 aliphatic rings. The summed E-state index contributed by atoms with van der Waals surface area (Å²) in [6, 6.07) is 5.05. The Hall–Kier alpha value is -5.87. The summed E-state index contributed by atoms with van der Waals surface area (Å²) in [6.07, 6.45) is -10.5. The van der Waals surface area contributed by atoms with Crippen LogP contribution in [0.3, 0.4) is 0 Å². The summed E-state index contributed by atoms with van der Waals surface area (Å²) in [5.41, 5.74) is -5.62. The zero-order valence-corrected chi connectivity index (χ0v) is 36.7. The summed E-state index contributed by atoms with van der Waals surface area (Å²) in [5.74, 6) is -6.92. The first kappa shape index (κ1) is 49.6. The molecule has 26 heteroatoms. The summed E-state index contributed by atoms with van der Waals surface area (Å²) < 4.78 is 169. The summed E-state index contributed by atoms with van der Waals surface area (Å²) >= 11 is 6.51. The van der Waals surface area contributed by atoms with Crippen molar-refractivity contribution in [1.29, 1.82) is 0 Å². The van der Waals surface area contributed by atoms with Crippen molar-refractivity contribution in [3.8, 4) is 23.0 Å². The molecule has 352 valence electrons. The normalized spacial score (nSPS) is 15.1. The molecule has 0 saturated heterocycles. The largest absolute Gasteiger partial charge is 0.474 e. The van der Waals surface area contributed by atoms with Crippen LogP contribution in [-0.4, -0.2) is 79.3 Å². The molecule has 0 spiro atoms. The van der Waals surface area contributed by atoms with Crippen LogP contribution in [0.25, 0.3) is 22.0 Å². The fourth-order valence-electron chi connectivity index (χ4n) is 7.10. The van der Waals surface area contributed by atoms with E-state index < -0.39 is 157 Å². The minimum atomic E-state index is -5.21. The van der Waals surface area contributed by atoms with Crippen molar-refractivity contribution >= 4 is 67.9 Å². The predicted molar refractivity (Wildman–Crippen MR) is 219 cm³/mol. The van der Waals surface area contributed by atoms with E-state index in [4.69, 9.17) is 11.6 Å². The number of aliphatic carboxylic acids is 1. The maximum Gasteiger partial charge on any atom is 0.435 e. The lowest BCUT2D eigenvalue weighted by Gasteiger charge is -2.23. The molecule has 0 bridgehead atoms. The van der Waals surface area contributed by atoms with Gasteiger partial charge in [-0.05, 0) is 68.5 Å². The first-order chi connectivity index (χ1) is 30.5. The number of carboxylic acids is 1. The third-order valence-electron chi connectivity index (χ3n) is 10.1. The quantitative estimate of drug-likeness (QED) is 0.0792. The lowest BCUT2D eigenvalue weighted by atomic mass is 9.93. The molecule has 5 aromatic rings. The fraction of sp³-hybridized carbons (Fsp3) is 0.350. The lowest BCUT2D eigenvalue weighted by Crippen LogP contribution is -2.38. The van der Waals surface area contributed by atoms with Gasteiger partial charge in [-0.15, -0.1) is 0 Å². The molecular weight excluding hydrogens is 964 g/mol. The number of carboxylic acid groups (broad SMARTS) is 1. The van der Waals surface area contributed by atoms with Crippen LogP contribution in [-0.2, 0) is 74.2 Å². The van der Waals surface area contributed by atoms with Crippen molar-refractivity contribution in [2.24, 2.45) is 0 Å². The SMILES string of the molecule is CS(=O)N(C(=O)C(=O)O)c1nn(CC(F)(F)F)c2c(-c3ccc(C#CC(C)(C)S(C)=O)nc3C(Cc3cc(F)cc(F)c3)NC(=O)Cn3nc(C(F)(F)F)c4c3C(F)(F)CC4)ccc(Cl)c12. The van der Waals surface area contributed by atoms with Crippen LogP contribution >= 0.6 is 11.6 Å². The smallest absolute Gasteiger partial charge is 0.435 e. The van der Waals surface area contributed by atoms with Gasteiger partial charge in [-0.25, -0.2) is 22.8 Å². The molecule has 3 heterocycles. The van der Waals surface area contributed by atoms with Gasteiger partial charge in [0.25, 0.3) is 5.92 Å². The van der Waals surface area contributed by atoms with Gasteiger partial charge in [0, 0.05) is 52.5 Å². The van der Waals surface area contributed by atoms with Crippen LogP contribution in [0.2, 0.25) is 5.02 Å². The Balaban J connectivity index is 1.64. The number of anilines is 1. The van der Waals surface area contributed by atoms with Crippen molar-refractivity contribution in [2.45, 2.75) is 75.3 Å². The van der Waals surface area contributed by atoms with E-state index in [2.05, 4.69) is 32.3 Å². The highest BCUT2D eigenvalue weighted by Gasteiger charge is 2.50. The number of hydrogen-bond donors (Lipinski definition) is 2. The average Bonchev–Trinajstić information content (AvgIpc) is 3.84. The summed E-state index contributed by atoms with van der Waals surface area (Å²) in [5, 5.41) is 18.1. The zero-order chi connectivity index (χ0) is 49.0. The van der Waals surface area contributed by atoms with Crippen LogP contribution in [0, 0.1) is 23.5 Å². The number of nitrogens with zero attached hydrogens (tertiary/aromatic N) is 6. The van der Waals surface area contributed by atoms with Crippen LogP contribution in [0.15, 0.2) is 42.5 Å². The van der Waals surface area contributed by atoms with E-state index in [1.807, 2.05) is 0 Å². The van der Waals surface area contributed by atoms with Gasteiger partial charge < -0.3 is 10.4 Å². The van der Waals surface area contributed by atoms with Gasteiger partial charge in [0.15, 0.2) is 11.5 Å². The van der Waals surface area contributed by atoms with Crippen molar-refractivity contribution in [3.05, 3.63) is 93.0 Å². The number of rotatable bonds is 11. The highest BCUT2D eigenvalue weighted by atomic mass is 35.5. The molecule has 3 aromatic heterocycles. The molecule has 3 atom stereocenters. The van der Waals surface area contributed by atoms with Gasteiger partial charge in [0.1, 0.15) is 51.8 Å². The molecule has 13 nitrogen and oxygen atoms in total. The third-order valence-corrected chi connectivity index (χ3v) is 12.8. The number of fused-ring (bicyclic) bond motifs is 2. The molecule has 6 rings (SSSR count). The second-order valence-electron chi connectivity index (χ2n) is 15.2. The molecule has 0 fully saturated rings. The number of carbonyl (C=O) groups is 3. The van der Waals surface area contributed by atoms with Crippen LogP contribution in [0.5, 0.6) is 0 Å². The minimum Gasteiger partial charge on any atom is -0.474 e. The molecule has 3 unspecified atom stereocenters. The zero-order valence-electron chi connectivity index (χ0n) is 34.3. The number of hydrogen-bond acceptors (Lipinski definition) is 8. The number of carbonyl (C=O) groups excluding carboxylic acids is 2. The van der Waals surface area contributed by atoms with E-state index in [1.165, 1.54) is 32.2 Å². The Bertz CT molecular complexity index is 2900. The Kier molecular flexibility index (Phi) is 13.6. The molecule has 0 aliphatic heterocycles. The fourth-order valence-corrected chi connectivity index (χ4v) is 8.21. The minimum absolute atomic E-state index is 0.0752. The van der Waals surface area contributed by atoms with Crippen LogP contribution in [0.4, 0.5) is 49.7 Å². The topological polar surface area (TPSA) is 169 Å². The van der Waals surface area contributed by atoms with E-state index in [0.717, 1.165) is 30.5 Å². The summed E-state index contributed by atoms with van der Waals surface area (Å²) in [6.45, 7) is -0.211. The standard InChI is InChI=1S/C40H32ClF10N7O6S2/c1-37(2,65(3)63)11-9-22-5-6-23(24-7-8-26(41)29-31(24)57(18-39(46,47)48)55-34(29)58(66(4)64)35(60)36(61)62)30(52-22)27(15-19-13-20(42)16-21(43)14-19)53-28(59)17-56-33-25(10-12-38(33,44)45)32(54-56)40(49,50)51/h5-8,13-14,16,27H,10,12,15,17-18H2,1-4H3,(H,53,59)(H,61,62). The van der Waals surface area contributed by atoms with Crippen LogP contribution in [0.1, 0.15) is 60.2 Å². The number of nitrogens with one attached hydrogen (secondary N) is 1. The highest BCUT2D eigenvalue weighted by Crippen LogP contribution is 2.47. The third kappa shape index (κ3) is 10.4. The maximum absolute atomic E-state index is 15.1. The molecule has 1 aliphatic carbocycles. The second kappa shape index (κ2) is 18.1. The molecule has 66 heavy (non-hydrogen) atoms. The summed E-state index contributed by atoms with van der Waals surface area (Å²) in [7, 11) is -4.17. The summed E-state index contributed by atoms with van der Waals surface area (Å²) in [4.78, 5) is 43.2. The molecule has 2 N–H and O–H groups in total. The first-order valence-electron chi connectivity index (χ1n) is 18.8. The average molecular weight is 996 g/mol. The van der Waals surface area contributed by atoms with Gasteiger partial charge in [-0.3, -0.25) is 23.2 Å². The van der Waals surface area contributed by atoms with E-state index in [-0.39, 0.29) is 36.1 Å². The number of halogens is 11. The van der Waals surface area contributed by atoms with Gasteiger partial charge >= 0.3 is 24.2 Å². The molecule has 0 saturated carbocycles. The molecule has 2 amide bonds. The number of amides is 2. The Labute approximate surface area is 376 Å². The van der Waals surface area contributed by atoms with Crippen LogP contribution < -0.4 is 9.62 Å². The van der Waals surface area contributed by atoms with Crippen molar-refractivity contribution in [2.75, 3.05) is 16.8 Å². The van der Waals surface area contributed by atoms with Crippen molar-refractivity contribution in [1.82, 2.24) is 29.9 Å². The van der Waals surface area contributed by atoms with Crippen molar-refractivity contribution < 1.29 is 71.8 Å². The van der Waals surface area contributed by atoms with Gasteiger partial charge in [0.2, 0.25) is 5.91 Å². The molecule has 2 aromatic carbocycles. The Morgan fingerprint density at radius 2 is 1.61 bits per heavy atom. The predicted octanol–water partition coefficient (Wildman–Crippen LogP) is 7.17. The monoisotopic (exact) mass is 995 g/mol. The van der Waals surface area contributed by atoms with Crippen molar-refractivity contribution in [3.63, 3.8) is 0 Å². The molecule has 0 radical (unpaired) electrons.